The maximum atomic E-state index is 12.2. The zero-order valence-corrected chi connectivity index (χ0v) is 11.4. The first kappa shape index (κ1) is 12.1. The molecule has 1 heterocycles. The van der Waals surface area contributed by atoms with E-state index in [1.807, 2.05) is 0 Å². The summed E-state index contributed by atoms with van der Waals surface area (Å²) in [5, 5.41) is 3.47. The molecule has 3 nitrogen and oxygen atoms in total. The first-order valence-corrected chi connectivity index (χ1v) is 6.99. The Kier molecular flexibility index (Phi) is 2.89. The number of hydrogen-bond acceptors (Lipinski definition) is 2. The van der Waals surface area contributed by atoms with Crippen molar-refractivity contribution in [1.82, 2.24) is 5.32 Å². The molecule has 1 N–H and O–H groups in total. The van der Waals surface area contributed by atoms with Gasteiger partial charge in [-0.2, -0.15) is 0 Å². The number of carbonyl (C=O) groups is 2. The Balaban J connectivity index is 2.35. The summed E-state index contributed by atoms with van der Waals surface area (Å²) in [5.74, 6) is -0.0975. The van der Waals surface area contributed by atoms with Crippen molar-refractivity contribution in [2.45, 2.75) is 39.5 Å². The van der Waals surface area contributed by atoms with Crippen molar-refractivity contribution in [2.24, 2.45) is 16.7 Å². The molecule has 1 saturated heterocycles. The van der Waals surface area contributed by atoms with Gasteiger partial charge in [0.2, 0.25) is 11.8 Å². The van der Waals surface area contributed by atoms with Crippen molar-refractivity contribution in [1.29, 1.82) is 0 Å². The van der Waals surface area contributed by atoms with E-state index in [4.69, 9.17) is 0 Å². The lowest BCUT2D eigenvalue weighted by molar-refractivity contribution is -0.152. The van der Waals surface area contributed by atoms with Gasteiger partial charge in [0, 0.05) is 11.2 Å². The van der Waals surface area contributed by atoms with Crippen LogP contribution >= 0.6 is 15.9 Å². The van der Waals surface area contributed by atoms with E-state index in [0.29, 0.717) is 0 Å². The predicted molar refractivity (Wildman–Crippen MR) is 65.1 cm³/mol. The lowest BCUT2D eigenvalue weighted by Gasteiger charge is -2.45. The molecule has 1 aliphatic carbocycles. The molecule has 0 aromatic carbocycles. The van der Waals surface area contributed by atoms with Crippen LogP contribution in [-0.2, 0) is 9.59 Å². The highest BCUT2D eigenvalue weighted by Crippen LogP contribution is 2.60. The van der Waals surface area contributed by atoms with Gasteiger partial charge in [0.25, 0.3) is 0 Å². The molecular weight excluding hydrogens is 270 g/mol. The van der Waals surface area contributed by atoms with E-state index in [1.54, 1.807) is 0 Å². The number of piperidine rings is 1. The molecule has 0 aromatic rings. The largest absolute Gasteiger partial charge is 0.296 e. The van der Waals surface area contributed by atoms with Crippen LogP contribution in [0.25, 0.3) is 0 Å². The Morgan fingerprint density at radius 3 is 2.75 bits per heavy atom. The van der Waals surface area contributed by atoms with Crippen molar-refractivity contribution in [3.63, 3.8) is 0 Å². The van der Waals surface area contributed by atoms with Crippen LogP contribution < -0.4 is 5.32 Å². The lowest BCUT2D eigenvalue weighted by Crippen LogP contribution is -2.58. The molecule has 0 spiro atoms. The number of alkyl halides is 1. The van der Waals surface area contributed by atoms with E-state index in [2.05, 4.69) is 35.1 Å². The molecule has 0 radical (unpaired) electrons. The number of fused-ring (bicyclic) bond motifs is 2. The van der Waals surface area contributed by atoms with E-state index >= 15 is 0 Å². The van der Waals surface area contributed by atoms with Crippen LogP contribution in [0.15, 0.2) is 0 Å². The number of hydrogen-bond donors (Lipinski definition) is 1. The fourth-order valence-corrected chi connectivity index (χ4v) is 3.80. The normalized spacial score (nSPS) is 36.3. The molecule has 2 atom stereocenters. The van der Waals surface area contributed by atoms with Crippen molar-refractivity contribution < 1.29 is 9.59 Å². The first-order valence-electron chi connectivity index (χ1n) is 5.87. The van der Waals surface area contributed by atoms with Crippen LogP contribution in [0.5, 0.6) is 0 Å². The second kappa shape index (κ2) is 3.83. The quantitative estimate of drug-likeness (QED) is 0.639. The van der Waals surface area contributed by atoms with Gasteiger partial charge in [-0.15, -0.1) is 0 Å². The number of rotatable bonds is 3. The zero-order valence-electron chi connectivity index (χ0n) is 9.81. The van der Waals surface area contributed by atoms with E-state index in [0.717, 1.165) is 31.0 Å². The van der Waals surface area contributed by atoms with Gasteiger partial charge < -0.3 is 0 Å². The Hall–Kier alpha value is -0.380. The number of amides is 2. The fraction of sp³-hybridized carbons (Fsp3) is 0.833. The van der Waals surface area contributed by atoms with Crippen molar-refractivity contribution >= 4 is 27.7 Å². The second-order valence-electron chi connectivity index (χ2n) is 5.51. The van der Waals surface area contributed by atoms with Gasteiger partial charge in [0.05, 0.1) is 5.41 Å². The van der Waals surface area contributed by atoms with Crippen LogP contribution in [-0.4, -0.2) is 17.1 Å². The van der Waals surface area contributed by atoms with Gasteiger partial charge in [-0.05, 0) is 31.1 Å². The van der Waals surface area contributed by atoms with Crippen LogP contribution in [0.2, 0.25) is 0 Å². The zero-order chi connectivity index (χ0) is 12.0. The summed E-state index contributed by atoms with van der Waals surface area (Å²) >= 11 is 3.41. The van der Waals surface area contributed by atoms with Gasteiger partial charge in [0.1, 0.15) is 0 Å². The van der Waals surface area contributed by atoms with Crippen molar-refractivity contribution in [3.05, 3.63) is 0 Å². The van der Waals surface area contributed by atoms with E-state index in [1.165, 1.54) is 0 Å². The molecule has 2 fully saturated rings. The topological polar surface area (TPSA) is 46.2 Å². The number of imide groups is 1. The first-order chi connectivity index (χ1) is 7.45. The molecule has 2 unspecified atom stereocenters. The molecular formula is C12H18BrNO2. The lowest BCUT2D eigenvalue weighted by atomic mass is 9.60. The van der Waals surface area contributed by atoms with Gasteiger partial charge in [-0.25, -0.2) is 0 Å². The summed E-state index contributed by atoms with van der Waals surface area (Å²) in [6.07, 6.45) is 3.57. The summed E-state index contributed by atoms with van der Waals surface area (Å²) in [7, 11) is 0. The van der Waals surface area contributed by atoms with E-state index < -0.39 is 0 Å². The highest BCUT2D eigenvalue weighted by molar-refractivity contribution is 9.09. The summed E-state index contributed by atoms with van der Waals surface area (Å²) in [6, 6.07) is 0. The Labute approximate surface area is 104 Å². The minimum Gasteiger partial charge on any atom is -0.296 e. The molecule has 2 amide bonds. The molecule has 4 heteroatoms. The van der Waals surface area contributed by atoms with E-state index in [9.17, 15) is 9.59 Å². The van der Waals surface area contributed by atoms with Gasteiger partial charge in [-0.3, -0.25) is 14.9 Å². The Bertz CT molecular complexity index is 340. The number of halogens is 1. The predicted octanol–water partition coefficient (Wildman–Crippen LogP) is 2.24. The highest BCUT2D eigenvalue weighted by atomic mass is 79.9. The Morgan fingerprint density at radius 1 is 1.44 bits per heavy atom. The highest BCUT2D eigenvalue weighted by Gasteiger charge is 2.63. The third-order valence-electron chi connectivity index (χ3n) is 4.69. The SMILES string of the molecule is CC1(C)C2CCC1(CCCBr)C(=O)NC2=O. The van der Waals surface area contributed by atoms with Gasteiger partial charge in [0.15, 0.2) is 0 Å². The molecule has 16 heavy (non-hydrogen) atoms. The third kappa shape index (κ3) is 1.38. The van der Waals surface area contributed by atoms with Crippen LogP contribution in [0.4, 0.5) is 0 Å². The molecule has 2 rings (SSSR count). The molecule has 90 valence electrons. The standard InChI is InChI=1S/C12H18BrNO2/c1-11(2)8-4-6-12(11,5-3-7-13)10(16)14-9(8)15/h8H,3-7H2,1-2H3,(H,14,15,16). The summed E-state index contributed by atoms with van der Waals surface area (Å²) in [5.41, 5.74) is -0.506. The maximum absolute atomic E-state index is 12.2. The second-order valence-corrected chi connectivity index (χ2v) is 6.30. The number of nitrogens with one attached hydrogen (secondary N) is 1. The Morgan fingerprint density at radius 2 is 2.12 bits per heavy atom. The molecule has 2 bridgehead atoms. The maximum Gasteiger partial charge on any atom is 0.233 e. The van der Waals surface area contributed by atoms with Crippen LogP contribution in [0, 0.1) is 16.7 Å². The van der Waals surface area contributed by atoms with Crippen molar-refractivity contribution in [3.8, 4) is 0 Å². The van der Waals surface area contributed by atoms with Crippen molar-refractivity contribution in [2.75, 3.05) is 5.33 Å². The molecule has 1 saturated carbocycles. The van der Waals surface area contributed by atoms with Crippen LogP contribution in [0.1, 0.15) is 39.5 Å². The molecule has 2 aliphatic rings. The smallest absolute Gasteiger partial charge is 0.233 e. The van der Waals surface area contributed by atoms with E-state index in [-0.39, 0.29) is 28.6 Å². The fourth-order valence-electron chi connectivity index (χ4n) is 3.52. The minimum atomic E-state index is -0.320. The third-order valence-corrected chi connectivity index (χ3v) is 5.25. The van der Waals surface area contributed by atoms with Crippen LogP contribution in [0.3, 0.4) is 0 Å². The minimum absolute atomic E-state index is 0.0144. The molecule has 1 aliphatic heterocycles. The van der Waals surface area contributed by atoms with Gasteiger partial charge in [-0.1, -0.05) is 29.8 Å². The molecule has 0 aromatic heterocycles. The summed E-state index contributed by atoms with van der Waals surface area (Å²) < 4.78 is 0. The average Bonchev–Trinajstić information content (AvgIpc) is 2.38. The van der Waals surface area contributed by atoms with Gasteiger partial charge >= 0.3 is 0 Å². The monoisotopic (exact) mass is 287 g/mol. The summed E-state index contributed by atoms with van der Waals surface area (Å²) in [6.45, 7) is 4.16. The summed E-state index contributed by atoms with van der Waals surface area (Å²) in [4.78, 5) is 23.9. The average molecular weight is 288 g/mol. The number of carbonyl (C=O) groups excluding carboxylic acids is 2.